The Morgan fingerprint density at radius 2 is 2.15 bits per heavy atom. The molecule has 27 heavy (non-hydrogen) atoms. The van der Waals surface area contributed by atoms with E-state index in [2.05, 4.69) is 14.9 Å². The van der Waals surface area contributed by atoms with Crippen LogP contribution in [0.25, 0.3) is 0 Å². The molecule has 1 aromatic heterocycles. The standard InChI is InChI=1S/C17H19ClN4O4S/c1-27(23,24)9-10-5-12(18)11-6-14(10)26-16-7-15(20-17(19)21-16)22-3-2-4-25-8-13(11)22/h5-7,13H,2-4,8-9H2,1H3,(H2,19,20,21). The second-order valence-corrected chi connectivity index (χ2v) is 9.26. The van der Waals surface area contributed by atoms with Crippen molar-refractivity contribution in [3.8, 4) is 11.6 Å². The van der Waals surface area contributed by atoms with Crippen molar-refractivity contribution >= 4 is 33.2 Å². The molecule has 8 nitrogen and oxygen atoms in total. The lowest BCUT2D eigenvalue weighted by atomic mass is 10.0. The van der Waals surface area contributed by atoms with E-state index in [-0.39, 0.29) is 23.6 Å². The Labute approximate surface area is 162 Å². The molecule has 2 N–H and O–H groups in total. The summed E-state index contributed by atoms with van der Waals surface area (Å²) >= 11 is 6.55. The molecule has 1 unspecified atom stereocenters. The predicted octanol–water partition coefficient (Wildman–Crippen LogP) is 2.33. The third-order valence-corrected chi connectivity index (χ3v) is 5.67. The molecule has 0 radical (unpaired) electrons. The van der Waals surface area contributed by atoms with Crippen molar-refractivity contribution in [1.29, 1.82) is 0 Å². The Hall–Kier alpha value is -2.10. The van der Waals surface area contributed by atoms with E-state index in [1.165, 1.54) is 6.26 Å². The fourth-order valence-electron chi connectivity index (χ4n) is 3.41. The maximum absolute atomic E-state index is 11.8. The first-order valence-corrected chi connectivity index (χ1v) is 10.9. The number of sulfone groups is 1. The van der Waals surface area contributed by atoms with Crippen LogP contribution in [-0.2, 0) is 20.3 Å². The summed E-state index contributed by atoms with van der Waals surface area (Å²) in [5, 5.41) is 0.456. The van der Waals surface area contributed by atoms with E-state index < -0.39 is 9.84 Å². The van der Waals surface area contributed by atoms with Gasteiger partial charge in [-0.1, -0.05) is 11.6 Å². The largest absolute Gasteiger partial charge is 0.438 e. The number of ether oxygens (including phenoxy) is 2. The van der Waals surface area contributed by atoms with Crippen molar-refractivity contribution in [2.45, 2.75) is 18.2 Å². The first-order valence-electron chi connectivity index (χ1n) is 8.47. The highest BCUT2D eigenvalue weighted by molar-refractivity contribution is 7.89. The van der Waals surface area contributed by atoms with E-state index in [9.17, 15) is 8.42 Å². The molecule has 0 aliphatic carbocycles. The zero-order valence-electron chi connectivity index (χ0n) is 14.7. The summed E-state index contributed by atoms with van der Waals surface area (Å²) in [6, 6.07) is 4.90. The minimum absolute atomic E-state index is 0.0807. The number of benzene rings is 1. The van der Waals surface area contributed by atoms with Gasteiger partial charge in [-0.3, -0.25) is 0 Å². The fourth-order valence-corrected chi connectivity index (χ4v) is 4.51. The molecule has 10 heteroatoms. The first kappa shape index (κ1) is 18.3. The van der Waals surface area contributed by atoms with Gasteiger partial charge in [0.25, 0.3) is 0 Å². The van der Waals surface area contributed by atoms with Gasteiger partial charge in [-0.2, -0.15) is 9.97 Å². The van der Waals surface area contributed by atoms with Crippen LogP contribution in [-0.4, -0.2) is 44.4 Å². The number of nitrogens with two attached hydrogens (primary N) is 1. The minimum Gasteiger partial charge on any atom is -0.438 e. The van der Waals surface area contributed by atoms with Crippen LogP contribution >= 0.6 is 11.6 Å². The summed E-state index contributed by atoms with van der Waals surface area (Å²) in [4.78, 5) is 10.5. The van der Waals surface area contributed by atoms with Crippen molar-refractivity contribution < 1.29 is 17.9 Å². The summed E-state index contributed by atoms with van der Waals surface area (Å²) in [5.41, 5.74) is 7.13. The Morgan fingerprint density at radius 1 is 1.33 bits per heavy atom. The van der Waals surface area contributed by atoms with Crippen molar-refractivity contribution in [2.24, 2.45) is 0 Å². The van der Waals surface area contributed by atoms with Gasteiger partial charge in [-0.05, 0) is 24.1 Å². The van der Waals surface area contributed by atoms with Gasteiger partial charge in [0.05, 0.1) is 18.4 Å². The summed E-state index contributed by atoms with van der Waals surface area (Å²) in [6.45, 7) is 1.76. The van der Waals surface area contributed by atoms with Gasteiger partial charge in [-0.15, -0.1) is 0 Å². The predicted molar refractivity (Wildman–Crippen MR) is 102 cm³/mol. The SMILES string of the molecule is CS(=O)(=O)Cc1cc(Cl)c2cc1Oc1cc(nc(N)n1)N1CCCOCC21. The van der Waals surface area contributed by atoms with Crippen molar-refractivity contribution in [3.05, 3.63) is 34.3 Å². The fraction of sp³-hybridized carbons (Fsp3) is 0.412. The average Bonchev–Trinajstić information content (AvgIpc) is 2.79. The molecule has 2 aromatic rings. The van der Waals surface area contributed by atoms with E-state index in [1.54, 1.807) is 18.2 Å². The van der Waals surface area contributed by atoms with E-state index in [4.69, 9.17) is 26.8 Å². The van der Waals surface area contributed by atoms with Crippen LogP contribution in [0.5, 0.6) is 11.6 Å². The normalized spacial score (nSPS) is 19.2. The lowest BCUT2D eigenvalue weighted by Gasteiger charge is -2.31. The average molecular weight is 411 g/mol. The summed E-state index contributed by atoms with van der Waals surface area (Å²) in [6.07, 6.45) is 1.99. The Bertz CT molecular complexity index is 999. The van der Waals surface area contributed by atoms with Gasteiger partial charge >= 0.3 is 0 Å². The highest BCUT2D eigenvalue weighted by Crippen LogP contribution is 2.40. The second kappa shape index (κ2) is 6.81. The number of hydrogen-bond acceptors (Lipinski definition) is 8. The molecule has 0 amide bonds. The molecule has 144 valence electrons. The number of nitrogen functional groups attached to an aromatic ring is 1. The molecule has 1 saturated heterocycles. The van der Waals surface area contributed by atoms with Gasteiger partial charge in [0.1, 0.15) is 11.6 Å². The number of fused-ring (bicyclic) bond motifs is 7. The van der Waals surface area contributed by atoms with Crippen LogP contribution < -0.4 is 15.4 Å². The van der Waals surface area contributed by atoms with Crippen molar-refractivity contribution in [2.75, 3.05) is 36.6 Å². The second-order valence-electron chi connectivity index (χ2n) is 6.71. The maximum atomic E-state index is 11.8. The zero-order valence-corrected chi connectivity index (χ0v) is 16.3. The molecule has 2 aliphatic heterocycles. The smallest absolute Gasteiger partial charge is 0.226 e. The van der Waals surface area contributed by atoms with Crippen LogP contribution in [0.4, 0.5) is 11.8 Å². The third kappa shape index (κ3) is 3.80. The van der Waals surface area contributed by atoms with Crippen molar-refractivity contribution in [3.63, 3.8) is 0 Å². The van der Waals surface area contributed by atoms with Gasteiger partial charge in [0, 0.05) is 36.1 Å². The monoisotopic (exact) mass is 410 g/mol. The lowest BCUT2D eigenvalue weighted by Crippen LogP contribution is -2.31. The van der Waals surface area contributed by atoms with Crippen LogP contribution in [0.1, 0.15) is 23.6 Å². The number of halogens is 1. The lowest BCUT2D eigenvalue weighted by molar-refractivity contribution is 0.134. The molecule has 2 aliphatic rings. The first-order chi connectivity index (χ1) is 12.8. The van der Waals surface area contributed by atoms with E-state index >= 15 is 0 Å². The van der Waals surface area contributed by atoms with Crippen LogP contribution in [0.15, 0.2) is 18.2 Å². The maximum Gasteiger partial charge on any atom is 0.226 e. The highest BCUT2D eigenvalue weighted by Gasteiger charge is 2.30. The Balaban J connectivity index is 1.93. The molecule has 4 bridgehead atoms. The summed E-state index contributed by atoms with van der Waals surface area (Å²) in [5.74, 6) is 1.15. The van der Waals surface area contributed by atoms with E-state index in [0.29, 0.717) is 41.9 Å². The van der Waals surface area contributed by atoms with Gasteiger partial charge in [0.15, 0.2) is 9.84 Å². The van der Waals surface area contributed by atoms with Crippen LogP contribution in [0.2, 0.25) is 5.02 Å². The third-order valence-electron chi connectivity index (χ3n) is 4.51. The molecular weight excluding hydrogens is 392 g/mol. The molecule has 0 saturated carbocycles. The van der Waals surface area contributed by atoms with E-state index in [1.807, 2.05) is 0 Å². The summed E-state index contributed by atoms with van der Waals surface area (Å²) in [7, 11) is -3.28. The quantitative estimate of drug-likeness (QED) is 0.803. The van der Waals surface area contributed by atoms with Crippen LogP contribution in [0, 0.1) is 0 Å². The zero-order chi connectivity index (χ0) is 19.2. The molecule has 1 aromatic carbocycles. The molecule has 3 heterocycles. The van der Waals surface area contributed by atoms with Gasteiger partial charge in [-0.25, -0.2) is 8.42 Å². The molecule has 1 fully saturated rings. The number of hydrogen-bond donors (Lipinski definition) is 1. The topological polar surface area (TPSA) is 108 Å². The molecule has 4 rings (SSSR count). The molecular formula is C17H19ClN4O4S. The number of aromatic nitrogens is 2. The highest BCUT2D eigenvalue weighted by atomic mass is 35.5. The molecule has 0 spiro atoms. The Morgan fingerprint density at radius 3 is 2.93 bits per heavy atom. The van der Waals surface area contributed by atoms with E-state index in [0.717, 1.165) is 12.0 Å². The van der Waals surface area contributed by atoms with Gasteiger partial charge in [0.2, 0.25) is 11.8 Å². The summed E-state index contributed by atoms with van der Waals surface area (Å²) < 4.78 is 35.3. The Kier molecular flexibility index (Phi) is 4.61. The van der Waals surface area contributed by atoms with Crippen molar-refractivity contribution in [1.82, 2.24) is 9.97 Å². The number of anilines is 2. The number of nitrogens with zero attached hydrogens (tertiary/aromatic N) is 3. The number of rotatable bonds is 2. The minimum atomic E-state index is -3.28. The van der Waals surface area contributed by atoms with Crippen LogP contribution in [0.3, 0.4) is 0 Å². The van der Waals surface area contributed by atoms with Gasteiger partial charge < -0.3 is 20.1 Å². The molecule has 1 atom stereocenters.